The predicted octanol–water partition coefficient (Wildman–Crippen LogP) is 5.47. The highest BCUT2D eigenvalue weighted by molar-refractivity contribution is 6.26. The molecular formula is C23H36ClNO3. The molecule has 158 valence electrons. The van der Waals surface area contributed by atoms with Crippen molar-refractivity contribution < 1.29 is 14.3 Å². The maximum absolute atomic E-state index is 12.3. The number of hydrogen-bond donors (Lipinski definition) is 1. The first-order valence-corrected chi connectivity index (χ1v) is 11.0. The molecule has 1 rings (SSSR count). The topological polar surface area (TPSA) is 55.4 Å². The number of amides is 1. The van der Waals surface area contributed by atoms with E-state index < -0.39 is 0 Å². The normalized spacial score (nSPS) is 19.0. The average molecular weight is 410 g/mol. The zero-order valence-electron chi connectivity index (χ0n) is 17.6. The van der Waals surface area contributed by atoms with Gasteiger partial charge in [0.05, 0.1) is 6.10 Å². The Labute approximate surface area is 175 Å². The van der Waals surface area contributed by atoms with Crippen LogP contribution in [0.3, 0.4) is 0 Å². The van der Waals surface area contributed by atoms with E-state index in [-0.39, 0.29) is 23.7 Å². The van der Waals surface area contributed by atoms with Gasteiger partial charge < -0.3 is 10.1 Å². The molecule has 0 aromatic carbocycles. The first kappa shape index (κ1) is 24.6. The molecule has 2 atom stereocenters. The van der Waals surface area contributed by atoms with Crippen LogP contribution < -0.4 is 5.32 Å². The number of ketones is 1. The van der Waals surface area contributed by atoms with Gasteiger partial charge in [0.1, 0.15) is 0 Å². The number of Topliss-reactive ketones (excluding diaryl/α,β-unsaturated/α-hetero) is 1. The summed E-state index contributed by atoms with van der Waals surface area (Å²) in [5.41, 5.74) is 2.76. The molecule has 0 aromatic rings. The van der Waals surface area contributed by atoms with E-state index in [9.17, 15) is 9.59 Å². The number of carbonyl (C=O) groups is 2. The molecule has 1 amide bonds. The molecule has 1 N–H and O–H groups in total. The molecule has 4 nitrogen and oxygen atoms in total. The highest BCUT2D eigenvalue weighted by Crippen LogP contribution is 2.25. The Kier molecular flexibility index (Phi) is 12.8. The fourth-order valence-electron chi connectivity index (χ4n) is 3.27. The van der Waals surface area contributed by atoms with Crippen molar-refractivity contribution in [3.05, 3.63) is 34.9 Å². The maximum atomic E-state index is 12.3. The maximum Gasteiger partial charge on any atom is 0.220 e. The Hall–Kier alpha value is -1.39. The van der Waals surface area contributed by atoms with E-state index in [1.54, 1.807) is 7.11 Å². The van der Waals surface area contributed by atoms with Crippen molar-refractivity contribution in [2.45, 2.75) is 77.7 Å². The largest absolute Gasteiger partial charge is 0.381 e. The van der Waals surface area contributed by atoms with Gasteiger partial charge in [0.2, 0.25) is 5.91 Å². The van der Waals surface area contributed by atoms with Crippen LogP contribution in [0, 0.1) is 5.92 Å². The van der Waals surface area contributed by atoms with Gasteiger partial charge in [-0.3, -0.25) is 9.59 Å². The quantitative estimate of drug-likeness (QED) is 0.324. The third-order valence-electron chi connectivity index (χ3n) is 5.18. The van der Waals surface area contributed by atoms with Crippen molar-refractivity contribution in [1.29, 1.82) is 0 Å². The molecule has 0 saturated heterocycles. The smallest absolute Gasteiger partial charge is 0.220 e. The van der Waals surface area contributed by atoms with Gasteiger partial charge in [0, 0.05) is 37.1 Å². The standard InChI is InChI=1S/C23H36ClNO3/c1-4-5-7-12-20(28-3)13-8-6-9-15-22(26)25-17-19(16-24)21-14-10-11-18(2)23(21)27/h6,8,14,16,18,20H,4-5,7,9-13,15,17H2,1-3H3,(H,25,26)/b8-6+,19-16-/t18-,20-/m0/s1. The van der Waals surface area contributed by atoms with Crippen LogP contribution in [0.1, 0.15) is 71.6 Å². The molecule has 1 aliphatic rings. The minimum atomic E-state index is -0.0381. The zero-order valence-corrected chi connectivity index (χ0v) is 18.4. The molecule has 28 heavy (non-hydrogen) atoms. The van der Waals surface area contributed by atoms with E-state index in [0.29, 0.717) is 30.5 Å². The molecule has 0 aliphatic heterocycles. The molecular weight excluding hydrogens is 374 g/mol. The van der Waals surface area contributed by atoms with Gasteiger partial charge >= 0.3 is 0 Å². The minimum absolute atomic E-state index is 0.0188. The first-order chi connectivity index (χ1) is 13.5. The third kappa shape index (κ3) is 9.20. The van der Waals surface area contributed by atoms with Crippen LogP contribution in [0.25, 0.3) is 0 Å². The number of ether oxygens (including phenoxy) is 1. The number of rotatable bonds is 13. The molecule has 1 aliphatic carbocycles. The van der Waals surface area contributed by atoms with Crippen LogP contribution in [0.2, 0.25) is 0 Å². The number of methoxy groups -OCH3 is 1. The summed E-state index contributed by atoms with van der Waals surface area (Å²) in [6.45, 7) is 4.42. The lowest BCUT2D eigenvalue weighted by molar-refractivity contribution is -0.121. The van der Waals surface area contributed by atoms with E-state index in [2.05, 4.69) is 18.3 Å². The SMILES string of the molecule is CCCCC[C@@H](C/C=C/CCC(=O)NC/C(=C/Cl)C1=CCC[C@H](C)C1=O)OC. The lowest BCUT2D eigenvalue weighted by Gasteiger charge is -2.20. The average Bonchev–Trinajstić information content (AvgIpc) is 2.69. The van der Waals surface area contributed by atoms with Gasteiger partial charge in [-0.25, -0.2) is 0 Å². The van der Waals surface area contributed by atoms with Crippen LogP contribution in [0.5, 0.6) is 0 Å². The summed E-state index contributed by atoms with van der Waals surface area (Å²) in [7, 11) is 1.76. The van der Waals surface area contributed by atoms with E-state index in [1.807, 2.05) is 19.1 Å². The van der Waals surface area contributed by atoms with Gasteiger partial charge in [0.25, 0.3) is 0 Å². The Balaban J connectivity index is 2.30. The number of halogens is 1. The Bertz CT molecular complexity index is 580. The Morgan fingerprint density at radius 3 is 2.86 bits per heavy atom. The van der Waals surface area contributed by atoms with E-state index in [1.165, 1.54) is 24.8 Å². The van der Waals surface area contributed by atoms with Gasteiger partial charge in [-0.15, -0.1) is 0 Å². The number of nitrogens with one attached hydrogen (secondary N) is 1. The molecule has 0 spiro atoms. The van der Waals surface area contributed by atoms with Crippen molar-refractivity contribution in [3.63, 3.8) is 0 Å². The predicted molar refractivity (Wildman–Crippen MR) is 116 cm³/mol. The van der Waals surface area contributed by atoms with Crippen LogP contribution in [0.15, 0.2) is 34.9 Å². The number of unbranched alkanes of at least 4 members (excludes halogenated alkanes) is 2. The van der Waals surface area contributed by atoms with E-state index >= 15 is 0 Å². The van der Waals surface area contributed by atoms with Crippen molar-refractivity contribution in [2.24, 2.45) is 5.92 Å². The van der Waals surface area contributed by atoms with Crippen molar-refractivity contribution in [2.75, 3.05) is 13.7 Å². The van der Waals surface area contributed by atoms with Crippen molar-refractivity contribution in [1.82, 2.24) is 5.32 Å². The van der Waals surface area contributed by atoms with Crippen LogP contribution in [-0.2, 0) is 14.3 Å². The fourth-order valence-corrected chi connectivity index (χ4v) is 3.47. The number of carbonyl (C=O) groups excluding carboxylic acids is 2. The minimum Gasteiger partial charge on any atom is -0.381 e. The highest BCUT2D eigenvalue weighted by atomic mass is 35.5. The summed E-state index contributed by atoms with van der Waals surface area (Å²) in [4.78, 5) is 24.4. The molecule has 0 bridgehead atoms. The summed E-state index contributed by atoms with van der Waals surface area (Å²) >= 11 is 5.90. The summed E-state index contributed by atoms with van der Waals surface area (Å²) in [5.74, 6) is 0.0936. The second kappa shape index (κ2) is 14.6. The van der Waals surface area contributed by atoms with E-state index in [0.717, 1.165) is 25.7 Å². The third-order valence-corrected chi connectivity index (χ3v) is 5.44. The Morgan fingerprint density at radius 1 is 1.39 bits per heavy atom. The summed E-state index contributed by atoms with van der Waals surface area (Å²) in [6.07, 6.45) is 14.8. The van der Waals surface area contributed by atoms with Crippen LogP contribution in [0.4, 0.5) is 0 Å². The lowest BCUT2D eigenvalue weighted by atomic mass is 9.85. The van der Waals surface area contributed by atoms with Crippen molar-refractivity contribution >= 4 is 23.3 Å². The molecule has 0 heterocycles. The van der Waals surface area contributed by atoms with Gasteiger partial charge in [-0.1, -0.05) is 62.9 Å². The number of hydrogen-bond acceptors (Lipinski definition) is 3. The zero-order chi connectivity index (χ0) is 20.8. The summed E-state index contributed by atoms with van der Waals surface area (Å²) in [5, 5.41) is 2.87. The second-order valence-corrected chi connectivity index (χ2v) is 7.69. The van der Waals surface area contributed by atoms with E-state index in [4.69, 9.17) is 16.3 Å². The number of allylic oxidation sites excluding steroid dienone is 2. The van der Waals surface area contributed by atoms with Gasteiger partial charge in [-0.2, -0.15) is 0 Å². The summed E-state index contributed by atoms with van der Waals surface area (Å²) < 4.78 is 5.49. The monoisotopic (exact) mass is 409 g/mol. The van der Waals surface area contributed by atoms with Gasteiger partial charge in [-0.05, 0) is 37.7 Å². The van der Waals surface area contributed by atoms with Crippen LogP contribution in [-0.4, -0.2) is 31.4 Å². The summed E-state index contributed by atoms with van der Waals surface area (Å²) in [6, 6.07) is 0. The van der Waals surface area contributed by atoms with Crippen molar-refractivity contribution in [3.8, 4) is 0 Å². The molecule has 5 heteroatoms. The van der Waals surface area contributed by atoms with Gasteiger partial charge in [0.15, 0.2) is 5.78 Å². The second-order valence-electron chi connectivity index (χ2n) is 7.47. The van der Waals surface area contributed by atoms with Crippen LogP contribution >= 0.6 is 11.6 Å². The fraction of sp³-hybridized carbons (Fsp3) is 0.652. The first-order valence-electron chi connectivity index (χ1n) is 10.5. The molecule has 0 radical (unpaired) electrons. The molecule has 0 aromatic heterocycles. The molecule has 0 saturated carbocycles. The Morgan fingerprint density at radius 2 is 2.18 bits per heavy atom. The lowest BCUT2D eigenvalue weighted by Crippen LogP contribution is -2.28. The highest BCUT2D eigenvalue weighted by Gasteiger charge is 2.23. The molecule has 0 unspecified atom stereocenters. The molecule has 0 fully saturated rings.